The molecule has 0 heterocycles. The van der Waals surface area contributed by atoms with E-state index in [1.54, 1.807) is 26.4 Å². The second kappa shape index (κ2) is 9.26. The standard InChI is InChI=1S/C18H22N4O4/c1-25-16-8-5-13(11-17(16)26-2)9-10-20-18(19)21-12-14-3-6-15(7-4-14)22(23)24/h3-8,11H,9-10,12H2,1-2H3,(H3,19,20,21). The van der Waals surface area contributed by atoms with Crippen molar-refractivity contribution < 1.29 is 14.4 Å². The lowest BCUT2D eigenvalue weighted by Crippen LogP contribution is -2.33. The van der Waals surface area contributed by atoms with Crippen LogP contribution in [0.3, 0.4) is 0 Å². The topological polar surface area (TPSA) is 112 Å². The number of nitro groups is 1. The van der Waals surface area contributed by atoms with Gasteiger partial charge in [-0.25, -0.2) is 4.99 Å². The van der Waals surface area contributed by atoms with Crippen molar-refractivity contribution in [2.75, 3.05) is 20.8 Å². The van der Waals surface area contributed by atoms with E-state index in [-0.39, 0.29) is 5.69 Å². The number of nitrogens with two attached hydrogens (primary N) is 1. The molecule has 2 rings (SSSR count). The molecular formula is C18H22N4O4. The minimum Gasteiger partial charge on any atom is -0.493 e. The first-order valence-corrected chi connectivity index (χ1v) is 8.01. The predicted octanol–water partition coefficient (Wildman–Crippen LogP) is 2.26. The Balaban J connectivity index is 1.83. The van der Waals surface area contributed by atoms with Crippen LogP contribution in [-0.2, 0) is 13.0 Å². The highest BCUT2D eigenvalue weighted by atomic mass is 16.6. The van der Waals surface area contributed by atoms with Crippen LogP contribution in [-0.4, -0.2) is 31.6 Å². The number of nitrogens with one attached hydrogen (secondary N) is 1. The second-order valence-corrected chi connectivity index (χ2v) is 5.49. The van der Waals surface area contributed by atoms with Crippen molar-refractivity contribution >= 4 is 11.6 Å². The fraction of sp³-hybridized carbons (Fsp3) is 0.278. The number of ether oxygens (including phenoxy) is 2. The fourth-order valence-corrected chi connectivity index (χ4v) is 2.33. The van der Waals surface area contributed by atoms with Crippen molar-refractivity contribution in [3.8, 4) is 11.5 Å². The zero-order valence-corrected chi connectivity index (χ0v) is 14.8. The van der Waals surface area contributed by atoms with E-state index in [1.165, 1.54) is 12.1 Å². The number of nitrogens with zero attached hydrogens (tertiary/aromatic N) is 2. The fourth-order valence-electron chi connectivity index (χ4n) is 2.33. The molecule has 0 radical (unpaired) electrons. The molecule has 8 heteroatoms. The summed E-state index contributed by atoms with van der Waals surface area (Å²) in [6, 6.07) is 12.0. The van der Waals surface area contributed by atoms with Crippen LogP contribution < -0.4 is 20.5 Å². The van der Waals surface area contributed by atoms with Crippen LogP contribution in [0.2, 0.25) is 0 Å². The number of benzene rings is 2. The van der Waals surface area contributed by atoms with Crippen molar-refractivity contribution in [1.29, 1.82) is 0 Å². The molecule has 0 aliphatic heterocycles. The molecule has 2 aromatic rings. The van der Waals surface area contributed by atoms with Gasteiger partial charge in [-0.2, -0.15) is 0 Å². The number of guanidine groups is 1. The third kappa shape index (κ3) is 5.37. The van der Waals surface area contributed by atoms with E-state index in [0.29, 0.717) is 30.5 Å². The van der Waals surface area contributed by atoms with Gasteiger partial charge in [0.25, 0.3) is 5.69 Å². The van der Waals surface area contributed by atoms with Gasteiger partial charge in [-0.3, -0.25) is 10.1 Å². The molecule has 0 fully saturated rings. The highest BCUT2D eigenvalue weighted by Crippen LogP contribution is 2.27. The smallest absolute Gasteiger partial charge is 0.269 e. The molecule has 0 aliphatic carbocycles. The normalized spacial score (nSPS) is 11.1. The Morgan fingerprint density at radius 3 is 2.38 bits per heavy atom. The zero-order chi connectivity index (χ0) is 18.9. The van der Waals surface area contributed by atoms with Gasteiger partial charge in [0.2, 0.25) is 0 Å². The SMILES string of the molecule is COc1ccc(CCNC(N)=NCc2ccc([N+](=O)[O-])cc2)cc1OC. The molecule has 138 valence electrons. The Morgan fingerprint density at radius 2 is 1.77 bits per heavy atom. The Morgan fingerprint density at radius 1 is 1.12 bits per heavy atom. The van der Waals surface area contributed by atoms with E-state index in [1.807, 2.05) is 18.2 Å². The molecule has 0 spiro atoms. The molecule has 0 amide bonds. The van der Waals surface area contributed by atoms with Gasteiger partial charge in [0, 0.05) is 18.7 Å². The van der Waals surface area contributed by atoms with Crippen LogP contribution in [0.25, 0.3) is 0 Å². The molecule has 0 bridgehead atoms. The summed E-state index contributed by atoms with van der Waals surface area (Å²) in [6.45, 7) is 0.971. The molecule has 0 unspecified atom stereocenters. The first kappa shape index (κ1) is 19.0. The maximum atomic E-state index is 10.6. The summed E-state index contributed by atoms with van der Waals surface area (Å²) in [7, 11) is 3.20. The summed E-state index contributed by atoms with van der Waals surface area (Å²) in [5.41, 5.74) is 7.84. The molecule has 0 saturated heterocycles. The van der Waals surface area contributed by atoms with Crippen molar-refractivity contribution in [3.63, 3.8) is 0 Å². The van der Waals surface area contributed by atoms with E-state index in [2.05, 4.69) is 10.3 Å². The average Bonchev–Trinajstić information content (AvgIpc) is 2.66. The lowest BCUT2D eigenvalue weighted by Gasteiger charge is -2.10. The number of methoxy groups -OCH3 is 2. The number of nitro benzene ring substituents is 1. The van der Waals surface area contributed by atoms with Gasteiger partial charge in [0.1, 0.15) is 0 Å². The van der Waals surface area contributed by atoms with Crippen molar-refractivity contribution in [2.45, 2.75) is 13.0 Å². The van der Waals surface area contributed by atoms with E-state index in [0.717, 1.165) is 17.5 Å². The first-order valence-electron chi connectivity index (χ1n) is 8.01. The molecular weight excluding hydrogens is 336 g/mol. The average molecular weight is 358 g/mol. The van der Waals surface area contributed by atoms with E-state index >= 15 is 0 Å². The number of rotatable bonds is 8. The third-order valence-corrected chi connectivity index (χ3v) is 3.75. The monoisotopic (exact) mass is 358 g/mol. The number of non-ortho nitro benzene ring substituents is 1. The molecule has 26 heavy (non-hydrogen) atoms. The van der Waals surface area contributed by atoms with Gasteiger partial charge >= 0.3 is 0 Å². The van der Waals surface area contributed by atoms with Gasteiger partial charge in [-0.15, -0.1) is 0 Å². The molecule has 0 aliphatic rings. The van der Waals surface area contributed by atoms with Gasteiger partial charge in [-0.05, 0) is 29.7 Å². The lowest BCUT2D eigenvalue weighted by atomic mass is 10.1. The molecule has 0 atom stereocenters. The Bertz CT molecular complexity index is 775. The second-order valence-electron chi connectivity index (χ2n) is 5.49. The van der Waals surface area contributed by atoms with Gasteiger partial charge in [0.15, 0.2) is 17.5 Å². The van der Waals surface area contributed by atoms with Gasteiger partial charge in [-0.1, -0.05) is 18.2 Å². The number of hydrogen-bond acceptors (Lipinski definition) is 5. The molecule has 3 N–H and O–H groups in total. The first-order chi connectivity index (χ1) is 12.5. The van der Waals surface area contributed by atoms with E-state index in [9.17, 15) is 10.1 Å². The summed E-state index contributed by atoms with van der Waals surface area (Å²) in [5.74, 6) is 1.70. The zero-order valence-electron chi connectivity index (χ0n) is 14.8. The van der Waals surface area contributed by atoms with Crippen LogP contribution in [0.1, 0.15) is 11.1 Å². The molecule has 8 nitrogen and oxygen atoms in total. The minimum atomic E-state index is -0.433. The van der Waals surface area contributed by atoms with Crippen LogP contribution in [0.15, 0.2) is 47.5 Å². The van der Waals surface area contributed by atoms with Crippen molar-refractivity contribution in [1.82, 2.24) is 5.32 Å². The van der Waals surface area contributed by atoms with Crippen LogP contribution in [0.4, 0.5) is 5.69 Å². The van der Waals surface area contributed by atoms with Crippen LogP contribution >= 0.6 is 0 Å². The quantitative estimate of drug-likeness (QED) is 0.324. The number of hydrogen-bond donors (Lipinski definition) is 2. The molecule has 0 saturated carbocycles. The van der Waals surface area contributed by atoms with Crippen molar-refractivity contribution in [3.05, 3.63) is 63.7 Å². The summed E-state index contributed by atoms with van der Waals surface area (Å²) in [6.07, 6.45) is 0.744. The highest BCUT2D eigenvalue weighted by Gasteiger charge is 2.05. The Kier molecular flexibility index (Phi) is 6.78. The van der Waals surface area contributed by atoms with E-state index in [4.69, 9.17) is 15.2 Å². The van der Waals surface area contributed by atoms with Gasteiger partial charge < -0.3 is 20.5 Å². The van der Waals surface area contributed by atoms with Crippen molar-refractivity contribution in [2.24, 2.45) is 10.7 Å². The van der Waals surface area contributed by atoms with E-state index < -0.39 is 4.92 Å². The molecule has 2 aromatic carbocycles. The minimum absolute atomic E-state index is 0.0544. The maximum Gasteiger partial charge on any atom is 0.269 e. The van der Waals surface area contributed by atoms with Gasteiger partial charge in [0.05, 0.1) is 25.7 Å². The highest BCUT2D eigenvalue weighted by molar-refractivity contribution is 5.77. The summed E-state index contributed by atoms with van der Waals surface area (Å²) in [4.78, 5) is 14.4. The Labute approximate surface area is 151 Å². The third-order valence-electron chi connectivity index (χ3n) is 3.75. The van der Waals surface area contributed by atoms with Crippen LogP contribution in [0, 0.1) is 10.1 Å². The number of aliphatic imine (C=N–C) groups is 1. The lowest BCUT2D eigenvalue weighted by molar-refractivity contribution is -0.384. The Hall–Kier alpha value is -3.29. The predicted molar refractivity (Wildman–Crippen MR) is 99.7 cm³/mol. The summed E-state index contributed by atoms with van der Waals surface area (Å²) < 4.78 is 10.5. The summed E-state index contributed by atoms with van der Waals surface area (Å²) in [5, 5.41) is 13.7. The summed E-state index contributed by atoms with van der Waals surface area (Å²) >= 11 is 0. The largest absolute Gasteiger partial charge is 0.493 e. The molecule has 0 aromatic heterocycles. The van der Waals surface area contributed by atoms with Crippen LogP contribution in [0.5, 0.6) is 11.5 Å². The maximum absolute atomic E-state index is 10.6.